The number of hydroxylamine groups is 2. The van der Waals surface area contributed by atoms with E-state index in [0.717, 1.165) is 24.6 Å². The van der Waals surface area contributed by atoms with Gasteiger partial charge in [-0.15, -0.1) is 5.06 Å². The van der Waals surface area contributed by atoms with E-state index in [0.29, 0.717) is 17.7 Å². The van der Waals surface area contributed by atoms with E-state index in [1.54, 1.807) is 24.3 Å². The number of imide groups is 1. The fourth-order valence-electron chi connectivity index (χ4n) is 3.28. The molecule has 0 spiro atoms. The van der Waals surface area contributed by atoms with E-state index in [1.807, 2.05) is 18.2 Å². The molecule has 2 aliphatic heterocycles. The first kappa shape index (κ1) is 15.1. The van der Waals surface area contributed by atoms with Gasteiger partial charge in [0, 0.05) is 19.6 Å². The van der Waals surface area contributed by atoms with Gasteiger partial charge in [-0.3, -0.25) is 19.3 Å². The zero-order valence-corrected chi connectivity index (χ0v) is 13.2. The molecule has 0 aliphatic carbocycles. The van der Waals surface area contributed by atoms with Gasteiger partial charge in [0.2, 0.25) is 0 Å². The van der Waals surface area contributed by atoms with Gasteiger partial charge in [0.25, 0.3) is 11.8 Å². The fourth-order valence-corrected chi connectivity index (χ4v) is 3.28. The Morgan fingerprint density at radius 3 is 2.21 bits per heavy atom. The maximum atomic E-state index is 12.3. The lowest BCUT2D eigenvalue weighted by Gasteiger charge is -2.19. The summed E-state index contributed by atoms with van der Waals surface area (Å²) in [4.78, 5) is 32.7. The van der Waals surface area contributed by atoms with E-state index in [4.69, 9.17) is 4.84 Å². The normalized spacial score (nSPS) is 20.7. The van der Waals surface area contributed by atoms with Crippen LogP contribution in [0.4, 0.5) is 0 Å². The second-order valence-electron chi connectivity index (χ2n) is 6.19. The lowest BCUT2D eigenvalue weighted by atomic mass is 10.1. The molecule has 5 heteroatoms. The molecule has 2 aliphatic rings. The van der Waals surface area contributed by atoms with Crippen LogP contribution < -0.4 is 0 Å². The average Bonchev–Trinajstić information content (AvgIpc) is 3.15. The first-order chi connectivity index (χ1) is 11.7. The Balaban J connectivity index is 1.39. The maximum absolute atomic E-state index is 12.3. The van der Waals surface area contributed by atoms with Gasteiger partial charge in [-0.05, 0) is 24.1 Å². The number of fused-ring (bicyclic) bond motifs is 1. The van der Waals surface area contributed by atoms with Gasteiger partial charge in [0.1, 0.15) is 6.10 Å². The van der Waals surface area contributed by atoms with Gasteiger partial charge in [-0.25, -0.2) is 0 Å². The Labute approximate surface area is 140 Å². The van der Waals surface area contributed by atoms with Crippen LogP contribution in [-0.4, -0.2) is 41.0 Å². The smallest absolute Gasteiger partial charge is 0.285 e. The van der Waals surface area contributed by atoms with Crippen molar-refractivity contribution in [2.45, 2.75) is 19.1 Å². The molecule has 0 bridgehead atoms. The maximum Gasteiger partial charge on any atom is 0.285 e. The predicted molar refractivity (Wildman–Crippen MR) is 88.2 cm³/mol. The Bertz CT molecular complexity index is 740. The van der Waals surface area contributed by atoms with Crippen molar-refractivity contribution in [1.82, 2.24) is 9.96 Å². The molecule has 1 fully saturated rings. The highest BCUT2D eigenvalue weighted by molar-refractivity contribution is 6.20. The van der Waals surface area contributed by atoms with Crippen LogP contribution in [-0.2, 0) is 11.4 Å². The van der Waals surface area contributed by atoms with Crippen LogP contribution >= 0.6 is 0 Å². The largest absolute Gasteiger partial charge is 0.296 e. The molecule has 2 aromatic rings. The van der Waals surface area contributed by atoms with Crippen LogP contribution in [0.15, 0.2) is 54.6 Å². The molecule has 1 saturated heterocycles. The Hall–Kier alpha value is -2.50. The van der Waals surface area contributed by atoms with E-state index in [2.05, 4.69) is 17.0 Å². The number of hydrogen-bond donors (Lipinski definition) is 0. The molecule has 1 unspecified atom stereocenters. The van der Waals surface area contributed by atoms with Crippen LogP contribution in [0.3, 0.4) is 0 Å². The van der Waals surface area contributed by atoms with Crippen molar-refractivity contribution in [3.63, 3.8) is 0 Å². The van der Waals surface area contributed by atoms with Crippen molar-refractivity contribution in [3.05, 3.63) is 71.3 Å². The SMILES string of the molecule is O=C1c2ccccc2C(=O)N1OC1CCN(Cc2ccccc2)C1. The molecule has 0 aromatic heterocycles. The summed E-state index contributed by atoms with van der Waals surface area (Å²) in [7, 11) is 0. The average molecular weight is 322 g/mol. The fraction of sp³-hybridized carbons (Fsp3) is 0.263. The molecule has 24 heavy (non-hydrogen) atoms. The number of amides is 2. The summed E-state index contributed by atoms with van der Waals surface area (Å²) in [6.45, 7) is 2.45. The zero-order valence-electron chi connectivity index (χ0n) is 13.2. The van der Waals surface area contributed by atoms with Crippen molar-refractivity contribution in [3.8, 4) is 0 Å². The minimum absolute atomic E-state index is 0.143. The highest BCUT2D eigenvalue weighted by atomic mass is 16.7. The lowest BCUT2D eigenvalue weighted by Crippen LogP contribution is -2.35. The molecular weight excluding hydrogens is 304 g/mol. The Morgan fingerprint density at radius 2 is 1.54 bits per heavy atom. The topological polar surface area (TPSA) is 49.9 Å². The number of nitrogens with zero attached hydrogens (tertiary/aromatic N) is 2. The van der Waals surface area contributed by atoms with Crippen molar-refractivity contribution >= 4 is 11.8 Å². The molecule has 2 heterocycles. The molecule has 4 rings (SSSR count). The highest BCUT2D eigenvalue weighted by Crippen LogP contribution is 2.25. The van der Waals surface area contributed by atoms with Crippen LogP contribution in [0.5, 0.6) is 0 Å². The zero-order chi connectivity index (χ0) is 16.5. The van der Waals surface area contributed by atoms with Gasteiger partial charge in [-0.1, -0.05) is 42.5 Å². The van der Waals surface area contributed by atoms with E-state index < -0.39 is 0 Å². The van der Waals surface area contributed by atoms with Crippen molar-refractivity contribution in [2.24, 2.45) is 0 Å². The van der Waals surface area contributed by atoms with Crippen molar-refractivity contribution < 1.29 is 14.4 Å². The summed E-state index contributed by atoms with van der Waals surface area (Å²) >= 11 is 0. The number of carbonyl (C=O) groups excluding carboxylic acids is 2. The molecular formula is C19H18N2O3. The molecule has 1 atom stereocenters. The van der Waals surface area contributed by atoms with Crippen LogP contribution in [0, 0.1) is 0 Å². The number of likely N-dealkylation sites (tertiary alicyclic amines) is 1. The summed E-state index contributed by atoms with van der Waals surface area (Å²) in [5.41, 5.74) is 2.09. The third-order valence-corrected chi connectivity index (χ3v) is 4.49. The van der Waals surface area contributed by atoms with Gasteiger partial charge >= 0.3 is 0 Å². The van der Waals surface area contributed by atoms with E-state index in [1.165, 1.54) is 5.56 Å². The molecule has 122 valence electrons. The Kier molecular flexibility index (Phi) is 3.88. The predicted octanol–water partition coefficient (Wildman–Crippen LogP) is 2.49. The third kappa shape index (κ3) is 2.72. The molecule has 0 radical (unpaired) electrons. The third-order valence-electron chi connectivity index (χ3n) is 4.49. The molecule has 5 nitrogen and oxygen atoms in total. The summed E-state index contributed by atoms with van der Waals surface area (Å²) in [5.74, 6) is -0.728. The minimum Gasteiger partial charge on any atom is -0.296 e. The second-order valence-corrected chi connectivity index (χ2v) is 6.19. The standard InChI is InChI=1S/C19H18N2O3/c22-18-16-8-4-5-9-17(16)19(23)21(18)24-15-10-11-20(13-15)12-14-6-2-1-3-7-14/h1-9,15H,10-13H2. The minimum atomic E-state index is -0.364. The van der Waals surface area contributed by atoms with Gasteiger partial charge < -0.3 is 0 Å². The number of carbonyl (C=O) groups is 2. The number of benzene rings is 2. The first-order valence-electron chi connectivity index (χ1n) is 8.13. The van der Waals surface area contributed by atoms with Crippen LogP contribution in [0.2, 0.25) is 0 Å². The molecule has 2 amide bonds. The van der Waals surface area contributed by atoms with Gasteiger partial charge in [0.05, 0.1) is 11.1 Å². The second kappa shape index (κ2) is 6.19. The number of rotatable bonds is 4. The van der Waals surface area contributed by atoms with E-state index in [-0.39, 0.29) is 17.9 Å². The first-order valence-corrected chi connectivity index (χ1v) is 8.13. The highest BCUT2D eigenvalue weighted by Gasteiger charge is 2.39. The van der Waals surface area contributed by atoms with Gasteiger partial charge in [-0.2, -0.15) is 0 Å². The lowest BCUT2D eigenvalue weighted by molar-refractivity contribution is -0.127. The molecule has 2 aromatic carbocycles. The summed E-state index contributed by atoms with van der Waals surface area (Å²) in [5, 5.41) is 0.932. The summed E-state index contributed by atoms with van der Waals surface area (Å²) < 4.78 is 0. The molecule has 0 N–H and O–H groups in total. The van der Waals surface area contributed by atoms with Crippen LogP contribution in [0.1, 0.15) is 32.7 Å². The van der Waals surface area contributed by atoms with Gasteiger partial charge in [0.15, 0.2) is 0 Å². The van der Waals surface area contributed by atoms with Crippen molar-refractivity contribution in [1.29, 1.82) is 0 Å². The van der Waals surface area contributed by atoms with E-state index >= 15 is 0 Å². The Morgan fingerprint density at radius 1 is 0.917 bits per heavy atom. The van der Waals surface area contributed by atoms with Crippen molar-refractivity contribution in [2.75, 3.05) is 13.1 Å². The summed E-state index contributed by atoms with van der Waals surface area (Å²) in [6, 6.07) is 17.1. The monoisotopic (exact) mass is 322 g/mol. The summed E-state index contributed by atoms with van der Waals surface area (Å²) in [6.07, 6.45) is 0.663. The molecule has 0 saturated carbocycles. The number of hydrogen-bond acceptors (Lipinski definition) is 4. The van der Waals surface area contributed by atoms with Crippen LogP contribution in [0.25, 0.3) is 0 Å². The van der Waals surface area contributed by atoms with E-state index in [9.17, 15) is 9.59 Å². The quantitative estimate of drug-likeness (QED) is 0.812.